The minimum Gasteiger partial charge on any atom is -0.456 e. The summed E-state index contributed by atoms with van der Waals surface area (Å²) in [6.07, 6.45) is 12.1. The van der Waals surface area contributed by atoms with Gasteiger partial charge >= 0.3 is 0 Å². The van der Waals surface area contributed by atoms with Crippen LogP contribution in [0.4, 0.5) is 0 Å². The molecule has 0 spiro atoms. The van der Waals surface area contributed by atoms with Gasteiger partial charge in [0.25, 0.3) is 0 Å². The van der Waals surface area contributed by atoms with Gasteiger partial charge in [0, 0.05) is 22.6 Å². The van der Waals surface area contributed by atoms with E-state index in [1.54, 1.807) is 48.6 Å². The van der Waals surface area contributed by atoms with Gasteiger partial charge in [-0.15, -0.1) is 0 Å². The lowest BCUT2D eigenvalue weighted by Crippen LogP contribution is -2.40. The van der Waals surface area contributed by atoms with Gasteiger partial charge in [-0.25, -0.2) is 0 Å². The average Bonchev–Trinajstić information content (AvgIpc) is 3.56. The molecule has 5 aromatic carbocycles. The molecule has 0 bridgehead atoms. The molecule has 0 radical (unpaired) electrons. The van der Waals surface area contributed by atoms with Crippen LogP contribution in [0.15, 0.2) is 175 Å². The molecular formula is C44H32O. The first kappa shape index (κ1) is 18.2. The Labute approximate surface area is 277 Å². The van der Waals surface area contributed by atoms with E-state index in [1.807, 2.05) is 54.6 Å². The maximum Gasteiger partial charge on any atom is 0.136 e. The van der Waals surface area contributed by atoms with E-state index in [1.165, 1.54) is 6.08 Å². The molecule has 2 aliphatic carbocycles. The van der Waals surface area contributed by atoms with Crippen LogP contribution in [-0.2, 0) is 0 Å². The first-order chi connectivity index (χ1) is 26.4. The van der Waals surface area contributed by atoms with E-state index in [9.17, 15) is 5.48 Å². The molecule has 0 aliphatic heterocycles. The molecule has 2 atom stereocenters. The van der Waals surface area contributed by atoms with Crippen LogP contribution in [0, 0.1) is 11.8 Å². The molecule has 45 heavy (non-hydrogen) atoms. The van der Waals surface area contributed by atoms with Crippen molar-refractivity contribution in [3.8, 4) is 11.1 Å². The Morgan fingerprint density at radius 2 is 1.33 bits per heavy atom. The number of allylic oxidation sites excluding steroid dienone is 8. The van der Waals surface area contributed by atoms with Crippen LogP contribution in [0.1, 0.15) is 30.4 Å². The second-order valence-corrected chi connectivity index (χ2v) is 10.9. The summed E-state index contributed by atoms with van der Waals surface area (Å²) in [7, 11) is 0. The van der Waals surface area contributed by atoms with Crippen LogP contribution < -0.4 is 10.4 Å². The van der Waals surface area contributed by atoms with Crippen molar-refractivity contribution in [1.82, 2.24) is 0 Å². The molecule has 2 unspecified atom stereocenters. The Kier molecular flexibility index (Phi) is 4.63. The molecule has 0 amide bonds. The van der Waals surface area contributed by atoms with Gasteiger partial charge in [-0.1, -0.05) is 158 Å². The zero-order valence-electron chi connectivity index (χ0n) is 34.2. The highest BCUT2D eigenvalue weighted by Gasteiger charge is 2.33. The van der Waals surface area contributed by atoms with Gasteiger partial charge in [0.1, 0.15) is 11.2 Å². The van der Waals surface area contributed by atoms with Crippen LogP contribution in [0.3, 0.4) is 0 Å². The number of hydrogen-bond acceptors (Lipinski definition) is 1. The Bertz CT molecular complexity index is 2870. The lowest BCUT2D eigenvalue weighted by molar-refractivity contribution is 0.668. The molecule has 6 aromatic rings. The van der Waals surface area contributed by atoms with E-state index < -0.39 is 30.0 Å². The Balaban J connectivity index is 1.62. The molecule has 1 heterocycles. The van der Waals surface area contributed by atoms with Gasteiger partial charge in [0.15, 0.2) is 0 Å². The molecule has 1 nitrogen and oxygen atoms in total. The summed E-state index contributed by atoms with van der Waals surface area (Å²) >= 11 is 0. The quantitative estimate of drug-likeness (QED) is 0.177. The van der Waals surface area contributed by atoms with Gasteiger partial charge in [-0.05, 0) is 67.6 Å². The van der Waals surface area contributed by atoms with Gasteiger partial charge in [0.05, 0.1) is 13.7 Å². The maximum atomic E-state index is 9.45. The summed E-state index contributed by atoms with van der Waals surface area (Å²) in [5.41, 5.74) is 3.55. The number of para-hydroxylation sites is 1. The van der Waals surface area contributed by atoms with Gasteiger partial charge in [0.2, 0.25) is 0 Å². The van der Waals surface area contributed by atoms with E-state index in [-0.39, 0.29) is 69.5 Å². The summed E-state index contributed by atoms with van der Waals surface area (Å²) in [5.74, 6) is -1.74. The van der Waals surface area contributed by atoms with E-state index in [0.29, 0.717) is 33.3 Å². The number of fused-ring (bicyclic) bond motifs is 5. The van der Waals surface area contributed by atoms with Crippen LogP contribution in [0.2, 0.25) is 0 Å². The third-order valence-corrected chi connectivity index (χ3v) is 8.28. The lowest BCUT2D eigenvalue weighted by atomic mass is 9.69. The SMILES string of the molecule is [2H]C1=CC2C(c3c([2H])c([2H])c(-c4ccccc4)c([2H])c3[2H])=c3c([2H])c([2H])c([2H])c([2H])c3=C(c3cc(/C=C/C=C\C=C)cc4oc5ccccc5c34)C2C=C1[2H]. The average molecular weight is 587 g/mol. The predicted octanol–water partition coefficient (Wildman–Crippen LogP) is 9.78. The fourth-order valence-corrected chi connectivity index (χ4v) is 6.35. The van der Waals surface area contributed by atoms with Gasteiger partial charge < -0.3 is 4.42 Å². The van der Waals surface area contributed by atoms with Gasteiger partial charge in [-0.3, -0.25) is 0 Å². The molecule has 8 rings (SSSR count). The predicted molar refractivity (Wildman–Crippen MR) is 190 cm³/mol. The summed E-state index contributed by atoms with van der Waals surface area (Å²) < 4.78 is 97.6. The van der Waals surface area contributed by atoms with Crippen molar-refractivity contribution in [2.45, 2.75) is 0 Å². The van der Waals surface area contributed by atoms with Crippen molar-refractivity contribution in [2.75, 3.05) is 0 Å². The van der Waals surface area contributed by atoms with Gasteiger partial charge in [-0.2, -0.15) is 0 Å². The minimum atomic E-state index is -0.916. The van der Waals surface area contributed by atoms with E-state index in [4.69, 9.17) is 12.6 Å². The van der Waals surface area contributed by atoms with Crippen LogP contribution in [0.5, 0.6) is 0 Å². The Hall–Kier alpha value is -5.66. The first-order valence-electron chi connectivity index (χ1n) is 19.7. The summed E-state index contributed by atoms with van der Waals surface area (Å²) in [6.45, 7) is 3.73. The number of benzene rings is 5. The first-order valence-corrected chi connectivity index (χ1v) is 14.7. The number of hydrogen-bond donors (Lipinski definition) is 0. The van der Waals surface area contributed by atoms with Crippen molar-refractivity contribution < 1.29 is 18.1 Å². The van der Waals surface area contributed by atoms with Crippen LogP contribution >= 0.6 is 0 Å². The van der Waals surface area contributed by atoms with Crippen molar-refractivity contribution in [1.29, 1.82) is 0 Å². The highest BCUT2D eigenvalue weighted by atomic mass is 16.3. The summed E-state index contributed by atoms with van der Waals surface area (Å²) in [4.78, 5) is 0. The van der Waals surface area contributed by atoms with Crippen molar-refractivity contribution in [2.24, 2.45) is 11.8 Å². The standard InChI is InChI=1S/C44H32O/c1-2-3-4-6-15-30-28-39(44-38-22-13-14-23-40(38)45-41(44)29-30)43-36-20-11-9-18-34(36)42(35-19-10-12-21-37(35)43)33-26-24-32(25-27-33)31-16-7-5-8-17-31/h2-29,34,36H,1H2/b4-3-,15-6+/i9D,10D,11D,12D,19D,21D,24D,25D,26D,27D. The second kappa shape index (κ2) is 11.4. The maximum absolute atomic E-state index is 9.45. The minimum absolute atomic E-state index is 0.0252. The third-order valence-electron chi connectivity index (χ3n) is 8.28. The summed E-state index contributed by atoms with van der Waals surface area (Å²) in [5, 5.41) is 1.62. The fourth-order valence-electron chi connectivity index (χ4n) is 6.35. The zero-order valence-corrected chi connectivity index (χ0v) is 24.2. The smallest absolute Gasteiger partial charge is 0.136 e. The Morgan fingerprint density at radius 3 is 2.11 bits per heavy atom. The van der Waals surface area contributed by atoms with Crippen LogP contribution in [-0.4, -0.2) is 0 Å². The molecule has 1 aromatic heterocycles. The van der Waals surface area contributed by atoms with Crippen molar-refractivity contribution in [3.63, 3.8) is 0 Å². The van der Waals surface area contributed by atoms with Crippen LogP contribution in [0.25, 0.3) is 50.3 Å². The summed E-state index contributed by atoms with van der Waals surface area (Å²) in [6, 6.07) is 16.7. The molecule has 2 aliphatic rings. The highest BCUT2D eigenvalue weighted by molar-refractivity contribution is 6.11. The van der Waals surface area contributed by atoms with E-state index >= 15 is 0 Å². The second-order valence-electron chi connectivity index (χ2n) is 10.9. The largest absolute Gasteiger partial charge is 0.456 e. The molecule has 0 N–H and O–H groups in total. The lowest BCUT2D eigenvalue weighted by Gasteiger charge is -2.33. The topological polar surface area (TPSA) is 13.1 Å². The fraction of sp³-hybridized carbons (Fsp3) is 0.0455. The molecule has 0 saturated carbocycles. The normalized spacial score (nSPS) is 21.0. The molecule has 1 heteroatoms. The molecular weight excluding hydrogens is 544 g/mol. The van der Waals surface area contributed by atoms with Crippen molar-refractivity contribution >= 4 is 39.2 Å². The Morgan fingerprint density at radius 1 is 0.644 bits per heavy atom. The third kappa shape index (κ3) is 4.74. The number of furan rings is 1. The molecule has 0 fully saturated rings. The van der Waals surface area contributed by atoms with Crippen molar-refractivity contribution in [3.05, 3.63) is 197 Å². The number of rotatable bonds is 6. The van der Waals surface area contributed by atoms with E-state index in [0.717, 1.165) is 10.9 Å². The monoisotopic (exact) mass is 586 g/mol. The zero-order chi connectivity index (χ0) is 38.9. The highest BCUT2D eigenvalue weighted by Crippen LogP contribution is 2.44. The molecule has 214 valence electrons. The van der Waals surface area contributed by atoms with E-state index in [2.05, 4.69) is 6.58 Å². The molecule has 0 saturated heterocycles.